The van der Waals surface area contributed by atoms with E-state index in [2.05, 4.69) is 10.6 Å². The number of carboxylic acid groups (broad SMARTS) is 1. The Labute approximate surface area is 157 Å². The zero-order valence-electron chi connectivity index (χ0n) is 14.7. The summed E-state index contributed by atoms with van der Waals surface area (Å²) in [6.07, 6.45) is -2.87. The summed E-state index contributed by atoms with van der Waals surface area (Å²) in [5.74, 6) is -3.11. The van der Waals surface area contributed by atoms with Crippen molar-refractivity contribution in [3.63, 3.8) is 0 Å². The lowest BCUT2D eigenvalue weighted by Gasteiger charge is -2.29. The third-order valence-corrected chi connectivity index (χ3v) is 4.37. The van der Waals surface area contributed by atoms with Gasteiger partial charge in [-0.1, -0.05) is 6.07 Å². The Morgan fingerprint density at radius 2 is 1.79 bits per heavy atom. The molecule has 2 aliphatic heterocycles. The molecule has 0 unspecified atom stereocenters. The van der Waals surface area contributed by atoms with E-state index >= 15 is 0 Å². The number of rotatable bonds is 2. The first-order chi connectivity index (χ1) is 13.1. The average molecular weight is 405 g/mol. The molecule has 1 aromatic carbocycles. The molecule has 3 N–H and O–H groups in total. The number of hydrogen-bond donors (Lipinski definition) is 3. The highest BCUT2D eigenvalue weighted by Gasteiger charge is 2.38. The number of carbonyl (C=O) groups excluding carboxylic acids is 2. The summed E-state index contributed by atoms with van der Waals surface area (Å²) >= 11 is 0. The highest BCUT2D eigenvalue weighted by Crippen LogP contribution is 2.30. The maximum absolute atomic E-state index is 14.1. The van der Waals surface area contributed by atoms with Crippen LogP contribution in [0.25, 0.3) is 0 Å². The SMILES string of the molecule is O=C(O)C(F)(F)F.O=C1CCN(c2cc(C3CCNCC3)ccc2F)C(=O)N1. The Balaban J connectivity index is 0.000000345. The summed E-state index contributed by atoms with van der Waals surface area (Å²) in [5.41, 5.74) is 1.31. The van der Waals surface area contributed by atoms with Crippen LogP contribution >= 0.6 is 0 Å². The molecule has 154 valence electrons. The van der Waals surface area contributed by atoms with Crippen LogP contribution in [0.3, 0.4) is 0 Å². The predicted octanol–water partition coefficient (Wildman–Crippen LogP) is 2.37. The molecule has 0 radical (unpaired) electrons. The number of nitrogens with zero attached hydrogens (tertiary/aromatic N) is 1. The number of amides is 3. The molecule has 0 atom stereocenters. The molecule has 3 amide bonds. The largest absolute Gasteiger partial charge is 0.490 e. The van der Waals surface area contributed by atoms with Gasteiger partial charge in [0.2, 0.25) is 5.91 Å². The van der Waals surface area contributed by atoms with Gasteiger partial charge in [-0.05, 0) is 49.5 Å². The Bertz CT molecular complexity index is 748. The minimum absolute atomic E-state index is 0.197. The Kier molecular flexibility index (Phi) is 6.95. The van der Waals surface area contributed by atoms with E-state index in [0.717, 1.165) is 31.5 Å². The van der Waals surface area contributed by atoms with Gasteiger partial charge in [0, 0.05) is 13.0 Å². The first-order valence-corrected chi connectivity index (χ1v) is 8.51. The van der Waals surface area contributed by atoms with E-state index in [1.807, 2.05) is 0 Å². The molecule has 11 heteroatoms. The van der Waals surface area contributed by atoms with Crippen LogP contribution in [-0.2, 0) is 9.59 Å². The molecular formula is C17H19F4N3O4. The van der Waals surface area contributed by atoms with Crippen molar-refractivity contribution < 1.29 is 37.1 Å². The quantitative estimate of drug-likeness (QED) is 0.657. The van der Waals surface area contributed by atoms with Crippen LogP contribution in [0.4, 0.5) is 28.0 Å². The Morgan fingerprint density at radius 1 is 1.18 bits per heavy atom. The zero-order valence-corrected chi connectivity index (χ0v) is 14.7. The van der Waals surface area contributed by atoms with Gasteiger partial charge in [0.05, 0.1) is 5.69 Å². The van der Waals surface area contributed by atoms with Crippen LogP contribution in [0, 0.1) is 5.82 Å². The molecule has 28 heavy (non-hydrogen) atoms. The number of benzene rings is 1. The number of hydrogen-bond acceptors (Lipinski definition) is 4. The number of anilines is 1. The average Bonchev–Trinajstić information content (AvgIpc) is 2.63. The van der Waals surface area contributed by atoms with Crippen LogP contribution in [0.2, 0.25) is 0 Å². The second kappa shape index (κ2) is 9.00. The van der Waals surface area contributed by atoms with Gasteiger partial charge < -0.3 is 10.4 Å². The van der Waals surface area contributed by atoms with Crippen molar-refractivity contribution in [1.82, 2.24) is 10.6 Å². The van der Waals surface area contributed by atoms with Crippen molar-refractivity contribution in [3.8, 4) is 0 Å². The highest BCUT2D eigenvalue weighted by molar-refractivity contribution is 6.05. The third kappa shape index (κ3) is 5.65. The van der Waals surface area contributed by atoms with Crippen LogP contribution in [-0.4, -0.2) is 48.8 Å². The molecule has 2 fully saturated rings. The number of aliphatic carboxylic acids is 1. The fraction of sp³-hybridized carbons (Fsp3) is 0.471. The summed E-state index contributed by atoms with van der Waals surface area (Å²) in [6, 6.07) is 4.41. The molecule has 2 saturated heterocycles. The van der Waals surface area contributed by atoms with Gasteiger partial charge in [-0.15, -0.1) is 0 Å². The fourth-order valence-electron chi connectivity index (χ4n) is 2.94. The first-order valence-electron chi connectivity index (χ1n) is 8.51. The molecule has 0 aliphatic carbocycles. The van der Waals surface area contributed by atoms with E-state index in [0.29, 0.717) is 5.92 Å². The van der Waals surface area contributed by atoms with E-state index in [9.17, 15) is 27.2 Å². The van der Waals surface area contributed by atoms with Crippen molar-refractivity contribution in [2.24, 2.45) is 0 Å². The molecule has 3 rings (SSSR count). The second-order valence-electron chi connectivity index (χ2n) is 6.29. The van der Waals surface area contributed by atoms with Gasteiger partial charge in [-0.2, -0.15) is 13.2 Å². The number of urea groups is 1. The zero-order chi connectivity index (χ0) is 20.9. The lowest BCUT2D eigenvalue weighted by Crippen LogP contribution is -2.49. The molecule has 2 aliphatic rings. The number of nitrogens with one attached hydrogen (secondary N) is 2. The van der Waals surface area contributed by atoms with E-state index < -0.39 is 24.0 Å². The number of piperidine rings is 1. The summed E-state index contributed by atoms with van der Waals surface area (Å²) in [6.45, 7) is 2.13. The Hall–Kier alpha value is -2.69. The van der Waals surface area contributed by atoms with Gasteiger partial charge >= 0.3 is 18.2 Å². The van der Waals surface area contributed by atoms with Crippen molar-refractivity contribution in [2.75, 3.05) is 24.5 Å². The van der Waals surface area contributed by atoms with E-state index in [1.165, 1.54) is 11.0 Å². The van der Waals surface area contributed by atoms with Crippen molar-refractivity contribution in [1.29, 1.82) is 0 Å². The summed E-state index contributed by atoms with van der Waals surface area (Å²) in [7, 11) is 0. The smallest absolute Gasteiger partial charge is 0.475 e. The van der Waals surface area contributed by atoms with Crippen molar-refractivity contribution in [2.45, 2.75) is 31.4 Å². The molecule has 0 aromatic heterocycles. The topological polar surface area (TPSA) is 98.7 Å². The standard InChI is InChI=1S/C15H18FN3O2.C2HF3O2/c16-12-2-1-11(10-3-6-17-7-4-10)9-13(12)19-8-5-14(20)18-15(19)21;3-2(4,5)1(6)7/h1-2,9-10,17H,3-8H2,(H,18,20,21);(H,6,7). The summed E-state index contributed by atoms with van der Waals surface area (Å²) in [4.78, 5) is 33.3. The lowest BCUT2D eigenvalue weighted by molar-refractivity contribution is -0.192. The monoisotopic (exact) mass is 405 g/mol. The van der Waals surface area contributed by atoms with Gasteiger partial charge in [-0.25, -0.2) is 14.0 Å². The Morgan fingerprint density at radius 3 is 2.32 bits per heavy atom. The predicted molar refractivity (Wildman–Crippen MR) is 90.4 cm³/mol. The van der Waals surface area contributed by atoms with Crippen LogP contribution in [0.5, 0.6) is 0 Å². The molecular weight excluding hydrogens is 386 g/mol. The number of carbonyl (C=O) groups is 3. The fourth-order valence-corrected chi connectivity index (χ4v) is 2.94. The first kappa shape index (κ1) is 21.6. The maximum Gasteiger partial charge on any atom is 0.490 e. The molecule has 2 heterocycles. The third-order valence-electron chi connectivity index (χ3n) is 4.37. The van der Waals surface area contributed by atoms with Gasteiger partial charge in [-0.3, -0.25) is 15.0 Å². The van der Waals surface area contributed by atoms with Crippen LogP contribution < -0.4 is 15.5 Å². The van der Waals surface area contributed by atoms with Crippen LogP contribution in [0.15, 0.2) is 18.2 Å². The number of carboxylic acids is 1. The molecule has 0 spiro atoms. The van der Waals surface area contributed by atoms with Gasteiger partial charge in [0.15, 0.2) is 0 Å². The molecule has 1 aromatic rings. The number of imide groups is 1. The minimum atomic E-state index is -5.08. The number of halogens is 4. The van der Waals surface area contributed by atoms with E-state index in [4.69, 9.17) is 9.90 Å². The summed E-state index contributed by atoms with van der Waals surface area (Å²) in [5, 5.41) is 12.7. The molecule has 0 saturated carbocycles. The molecule has 0 bridgehead atoms. The summed E-state index contributed by atoms with van der Waals surface area (Å²) < 4.78 is 45.8. The highest BCUT2D eigenvalue weighted by atomic mass is 19.4. The maximum atomic E-state index is 14.1. The van der Waals surface area contributed by atoms with Gasteiger partial charge in [0.1, 0.15) is 5.82 Å². The van der Waals surface area contributed by atoms with Gasteiger partial charge in [0.25, 0.3) is 0 Å². The lowest BCUT2D eigenvalue weighted by atomic mass is 9.90. The van der Waals surface area contributed by atoms with Crippen molar-refractivity contribution >= 4 is 23.6 Å². The normalized spacial score (nSPS) is 18.2. The van der Waals surface area contributed by atoms with E-state index in [-0.39, 0.29) is 24.6 Å². The van der Waals surface area contributed by atoms with Crippen LogP contribution in [0.1, 0.15) is 30.7 Å². The second-order valence-corrected chi connectivity index (χ2v) is 6.29. The minimum Gasteiger partial charge on any atom is -0.475 e. The van der Waals surface area contributed by atoms with Crippen molar-refractivity contribution in [3.05, 3.63) is 29.6 Å². The number of alkyl halides is 3. The molecule has 7 nitrogen and oxygen atoms in total. The van der Waals surface area contributed by atoms with E-state index in [1.54, 1.807) is 12.1 Å².